The molecule has 2 amide bonds. The van der Waals surface area contributed by atoms with E-state index in [1.54, 1.807) is 6.07 Å². The van der Waals surface area contributed by atoms with Crippen molar-refractivity contribution in [2.45, 2.75) is 39.2 Å². The predicted octanol–water partition coefficient (Wildman–Crippen LogP) is 3.16. The summed E-state index contributed by atoms with van der Waals surface area (Å²) >= 11 is 6.19. The summed E-state index contributed by atoms with van der Waals surface area (Å²) in [7, 11) is 0. The van der Waals surface area contributed by atoms with Crippen molar-refractivity contribution in [2.24, 2.45) is 0 Å². The van der Waals surface area contributed by atoms with Crippen LogP contribution in [0.3, 0.4) is 0 Å². The summed E-state index contributed by atoms with van der Waals surface area (Å²) < 4.78 is 5.15. The Labute approximate surface area is 140 Å². The van der Waals surface area contributed by atoms with Crippen LogP contribution >= 0.6 is 11.6 Å². The number of anilines is 2. The molecule has 1 aliphatic heterocycles. The fourth-order valence-corrected chi connectivity index (χ4v) is 2.43. The number of hydrogen-bond acceptors (Lipinski definition) is 4. The fraction of sp³-hybridized carbons (Fsp3) is 0.500. The highest BCUT2D eigenvalue weighted by Gasteiger charge is 2.19. The molecule has 0 radical (unpaired) electrons. The van der Waals surface area contributed by atoms with Gasteiger partial charge in [0.15, 0.2) is 0 Å². The Bertz CT molecular complexity index is 611. The van der Waals surface area contributed by atoms with Crippen molar-refractivity contribution < 1.29 is 14.3 Å². The normalized spacial score (nSPS) is 13.3. The summed E-state index contributed by atoms with van der Waals surface area (Å²) in [6.07, 6.45) is 0.684. The molecule has 0 atom stereocenters. The summed E-state index contributed by atoms with van der Waals surface area (Å²) in [6, 6.07) is 3.64. The minimum atomic E-state index is -0.494. The van der Waals surface area contributed by atoms with E-state index in [0.717, 1.165) is 23.4 Å². The van der Waals surface area contributed by atoms with Crippen LogP contribution in [0, 0.1) is 0 Å². The number of rotatable bonds is 5. The molecule has 2 rings (SSSR count). The van der Waals surface area contributed by atoms with Crippen LogP contribution in [0.2, 0.25) is 5.02 Å². The van der Waals surface area contributed by atoms with Gasteiger partial charge in [0, 0.05) is 18.8 Å². The number of amides is 2. The lowest BCUT2D eigenvalue weighted by Gasteiger charge is -2.19. The largest absolute Gasteiger partial charge is 0.444 e. The maximum atomic E-state index is 11.5. The Morgan fingerprint density at radius 3 is 2.78 bits per heavy atom. The molecule has 1 aliphatic rings. The summed E-state index contributed by atoms with van der Waals surface area (Å²) in [5.41, 5.74) is 2.01. The average molecular weight is 340 g/mol. The zero-order valence-corrected chi connectivity index (χ0v) is 14.3. The first-order chi connectivity index (χ1) is 10.7. The minimum Gasteiger partial charge on any atom is -0.444 e. The fourth-order valence-electron chi connectivity index (χ4n) is 2.20. The third kappa shape index (κ3) is 5.32. The second-order valence-corrected chi connectivity index (χ2v) is 6.83. The molecule has 0 aliphatic carbocycles. The van der Waals surface area contributed by atoms with Gasteiger partial charge in [-0.15, -0.1) is 0 Å². The van der Waals surface area contributed by atoms with Crippen molar-refractivity contribution in [3.8, 4) is 0 Å². The molecule has 0 fully saturated rings. The van der Waals surface area contributed by atoms with Crippen LogP contribution in [0.15, 0.2) is 12.1 Å². The Hall–Kier alpha value is -1.95. The van der Waals surface area contributed by atoms with Gasteiger partial charge in [0.25, 0.3) is 0 Å². The lowest BCUT2D eigenvalue weighted by molar-refractivity contribution is -0.115. The van der Waals surface area contributed by atoms with Gasteiger partial charge in [-0.2, -0.15) is 0 Å². The molecule has 0 bridgehead atoms. The monoisotopic (exact) mass is 339 g/mol. The van der Waals surface area contributed by atoms with Gasteiger partial charge >= 0.3 is 6.09 Å². The highest BCUT2D eigenvalue weighted by atomic mass is 35.5. The number of carbonyl (C=O) groups is 2. The lowest BCUT2D eigenvalue weighted by atomic mass is 10.1. The molecule has 0 unspecified atom stereocenters. The quantitative estimate of drug-likeness (QED) is 0.720. The van der Waals surface area contributed by atoms with Gasteiger partial charge in [0.1, 0.15) is 5.60 Å². The van der Waals surface area contributed by atoms with Crippen molar-refractivity contribution in [3.05, 3.63) is 22.7 Å². The van der Waals surface area contributed by atoms with E-state index in [1.807, 2.05) is 26.8 Å². The number of carbonyl (C=O) groups excluding carboxylic acids is 2. The Balaban J connectivity index is 1.74. The van der Waals surface area contributed by atoms with E-state index < -0.39 is 11.7 Å². The number of halogens is 1. The first-order valence-electron chi connectivity index (χ1n) is 7.57. The van der Waals surface area contributed by atoms with Crippen LogP contribution < -0.4 is 16.0 Å². The molecule has 126 valence electrons. The molecule has 0 spiro atoms. The molecular weight excluding hydrogens is 318 g/mol. The molecule has 6 nitrogen and oxygen atoms in total. The Morgan fingerprint density at radius 1 is 1.35 bits per heavy atom. The number of alkyl carbamates (subject to hydrolysis) is 1. The van der Waals surface area contributed by atoms with Gasteiger partial charge in [-0.25, -0.2) is 4.79 Å². The Morgan fingerprint density at radius 2 is 2.09 bits per heavy atom. The highest BCUT2D eigenvalue weighted by Crippen LogP contribution is 2.32. The van der Waals surface area contributed by atoms with Crippen LogP contribution in [0.1, 0.15) is 32.8 Å². The van der Waals surface area contributed by atoms with Gasteiger partial charge in [0.2, 0.25) is 5.91 Å². The summed E-state index contributed by atoms with van der Waals surface area (Å²) in [5, 5.41) is 9.24. The zero-order valence-electron chi connectivity index (χ0n) is 13.6. The average Bonchev–Trinajstić information content (AvgIpc) is 2.75. The smallest absolute Gasteiger partial charge is 0.407 e. The van der Waals surface area contributed by atoms with Gasteiger partial charge in [-0.1, -0.05) is 11.6 Å². The van der Waals surface area contributed by atoms with E-state index in [0.29, 0.717) is 24.5 Å². The molecule has 0 aromatic heterocycles. The van der Waals surface area contributed by atoms with Crippen molar-refractivity contribution in [3.63, 3.8) is 0 Å². The number of fused-ring (bicyclic) bond motifs is 1. The topological polar surface area (TPSA) is 79.5 Å². The van der Waals surface area contributed by atoms with Crippen LogP contribution in [-0.2, 0) is 16.0 Å². The van der Waals surface area contributed by atoms with E-state index >= 15 is 0 Å². The highest BCUT2D eigenvalue weighted by molar-refractivity contribution is 6.33. The number of nitrogens with one attached hydrogen (secondary N) is 3. The number of hydrogen-bond donors (Lipinski definition) is 3. The van der Waals surface area contributed by atoms with Crippen LogP contribution in [0.25, 0.3) is 0 Å². The summed E-state index contributed by atoms with van der Waals surface area (Å²) in [4.78, 5) is 22.8. The third-order valence-electron chi connectivity index (χ3n) is 3.16. The number of ether oxygens (including phenoxy) is 1. The lowest BCUT2D eigenvalue weighted by Crippen LogP contribution is -2.33. The van der Waals surface area contributed by atoms with Gasteiger partial charge in [-0.3, -0.25) is 4.79 Å². The Kier molecular flexibility index (Phi) is 5.36. The minimum absolute atomic E-state index is 0.0187. The predicted molar refractivity (Wildman–Crippen MR) is 91.1 cm³/mol. The number of benzene rings is 1. The molecule has 0 saturated carbocycles. The van der Waals surface area contributed by atoms with Gasteiger partial charge in [0.05, 0.1) is 17.1 Å². The van der Waals surface area contributed by atoms with Crippen molar-refractivity contribution >= 4 is 35.0 Å². The van der Waals surface area contributed by atoms with Gasteiger partial charge in [-0.05, 0) is 44.9 Å². The first kappa shape index (κ1) is 17.4. The maximum absolute atomic E-state index is 11.5. The van der Waals surface area contributed by atoms with Gasteiger partial charge < -0.3 is 20.7 Å². The van der Waals surface area contributed by atoms with Crippen molar-refractivity contribution in [1.29, 1.82) is 0 Å². The molecule has 0 saturated heterocycles. The van der Waals surface area contributed by atoms with Crippen molar-refractivity contribution in [2.75, 3.05) is 23.7 Å². The zero-order chi connectivity index (χ0) is 17.0. The third-order valence-corrected chi connectivity index (χ3v) is 3.47. The molecule has 3 N–H and O–H groups in total. The SMILES string of the molecule is CC(C)(C)OC(=O)NCCCNc1cc2c(cc1Cl)NC(=O)C2. The van der Waals surface area contributed by atoms with E-state index in [2.05, 4.69) is 16.0 Å². The standard InChI is InChI=1S/C16H22ClN3O3/c1-16(2,3)23-15(22)19-6-4-5-18-13-7-10-8-14(21)20-12(10)9-11(13)17/h7,9,18H,4-6,8H2,1-3H3,(H,19,22)(H,20,21). The molecule has 7 heteroatoms. The second-order valence-electron chi connectivity index (χ2n) is 6.42. The molecule has 1 aromatic carbocycles. The van der Waals surface area contributed by atoms with Crippen molar-refractivity contribution in [1.82, 2.24) is 5.32 Å². The van der Waals surface area contributed by atoms with E-state index in [9.17, 15) is 9.59 Å². The summed E-state index contributed by atoms with van der Waals surface area (Å²) in [5.74, 6) is -0.0187. The van der Waals surface area contributed by atoms with E-state index in [4.69, 9.17) is 16.3 Å². The second kappa shape index (κ2) is 7.08. The maximum Gasteiger partial charge on any atom is 0.407 e. The molecule has 1 aromatic rings. The van der Waals surface area contributed by atoms with Crippen LogP contribution in [0.4, 0.5) is 16.2 Å². The summed E-state index contributed by atoms with van der Waals surface area (Å²) in [6.45, 7) is 6.62. The first-order valence-corrected chi connectivity index (χ1v) is 7.95. The van der Waals surface area contributed by atoms with Crippen LogP contribution in [0.5, 0.6) is 0 Å². The van der Waals surface area contributed by atoms with E-state index in [-0.39, 0.29) is 5.91 Å². The van der Waals surface area contributed by atoms with Crippen LogP contribution in [-0.4, -0.2) is 30.7 Å². The molecule has 1 heterocycles. The molecular formula is C16H22ClN3O3. The van der Waals surface area contributed by atoms with E-state index in [1.165, 1.54) is 0 Å². The molecule has 23 heavy (non-hydrogen) atoms.